The van der Waals surface area contributed by atoms with Crippen LogP contribution < -0.4 is 0 Å². The van der Waals surface area contributed by atoms with E-state index in [1.54, 1.807) is 9.58 Å². The van der Waals surface area contributed by atoms with Gasteiger partial charge in [-0.05, 0) is 25.8 Å². The molecule has 0 atom stereocenters. The molecule has 100 valence electrons. The normalized spacial score (nSPS) is 16.1. The van der Waals surface area contributed by atoms with E-state index in [2.05, 4.69) is 12.0 Å². The van der Waals surface area contributed by atoms with Crippen molar-refractivity contribution in [3.05, 3.63) is 17.0 Å². The number of hydrogen-bond donors (Lipinski definition) is 0. The first kappa shape index (κ1) is 13.1. The van der Waals surface area contributed by atoms with Crippen LogP contribution in [-0.4, -0.2) is 47.0 Å². The molecule has 1 aromatic rings. The second-order valence-electron chi connectivity index (χ2n) is 4.69. The van der Waals surface area contributed by atoms with Gasteiger partial charge in [0.2, 0.25) is 0 Å². The van der Waals surface area contributed by atoms with E-state index >= 15 is 0 Å². The Morgan fingerprint density at radius 3 is 2.61 bits per heavy atom. The smallest absolute Gasteiger partial charge is 0.345 e. The van der Waals surface area contributed by atoms with Gasteiger partial charge in [-0.3, -0.25) is 0 Å². The van der Waals surface area contributed by atoms with Crippen molar-refractivity contribution in [2.24, 2.45) is 0 Å². The summed E-state index contributed by atoms with van der Waals surface area (Å²) in [6, 6.07) is -0.0266. The number of carbonyl (C=O) groups excluding carboxylic acids is 1. The molecule has 0 spiro atoms. The van der Waals surface area contributed by atoms with Gasteiger partial charge in [0.05, 0.1) is 18.9 Å². The Morgan fingerprint density at radius 2 is 2.00 bits per heavy atom. The summed E-state index contributed by atoms with van der Waals surface area (Å²) in [5, 5.41) is 4.39. The van der Waals surface area contributed by atoms with E-state index in [4.69, 9.17) is 4.74 Å². The highest BCUT2D eigenvalue weighted by atomic mass is 16.5. The van der Waals surface area contributed by atoms with E-state index in [9.17, 15) is 4.79 Å². The summed E-state index contributed by atoms with van der Waals surface area (Å²) in [5.41, 5.74) is 3.15. The van der Waals surface area contributed by atoms with Gasteiger partial charge >= 0.3 is 6.03 Å². The van der Waals surface area contributed by atoms with Crippen molar-refractivity contribution in [1.82, 2.24) is 14.7 Å². The molecule has 2 heterocycles. The van der Waals surface area contributed by atoms with Crippen LogP contribution in [0.15, 0.2) is 0 Å². The topological polar surface area (TPSA) is 47.4 Å². The van der Waals surface area contributed by atoms with Crippen LogP contribution in [0.1, 0.15) is 30.3 Å². The number of ether oxygens (including phenoxy) is 1. The first-order valence-electron chi connectivity index (χ1n) is 6.57. The molecule has 0 N–H and O–H groups in total. The summed E-state index contributed by atoms with van der Waals surface area (Å²) < 4.78 is 6.81. The van der Waals surface area contributed by atoms with E-state index in [1.807, 2.05) is 13.8 Å². The van der Waals surface area contributed by atoms with E-state index in [-0.39, 0.29) is 6.03 Å². The van der Waals surface area contributed by atoms with Gasteiger partial charge in [0.1, 0.15) is 0 Å². The van der Waals surface area contributed by atoms with Crippen LogP contribution in [0.2, 0.25) is 0 Å². The minimum absolute atomic E-state index is 0.0266. The number of carbonyl (C=O) groups is 1. The molecule has 1 fully saturated rings. The van der Waals surface area contributed by atoms with Gasteiger partial charge in [-0.1, -0.05) is 13.3 Å². The van der Waals surface area contributed by atoms with Crippen LogP contribution in [0.4, 0.5) is 4.79 Å². The summed E-state index contributed by atoms with van der Waals surface area (Å²) >= 11 is 0. The van der Waals surface area contributed by atoms with Crippen LogP contribution >= 0.6 is 0 Å². The zero-order valence-corrected chi connectivity index (χ0v) is 11.4. The molecular weight excluding hydrogens is 230 g/mol. The molecule has 0 bridgehead atoms. The largest absolute Gasteiger partial charge is 0.378 e. The van der Waals surface area contributed by atoms with Crippen LogP contribution in [0, 0.1) is 13.8 Å². The van der Waals surface area contributed by atoms with Crippen LogP contribution in [0.3, 0.4) is 0 Å². The second kappa shape index (κ2) is 5.52. The fourth-order valence-electron chi connectivity index (χ4n) is 2.36. The van der Waals surface area contributed by atoms with Crippen molar-refractivity contribution < 1.29 is 9.53 Å². The van der Waals surface area contributed by atoms with Crippen molar-refractivity contribution in [2.45, 2.75) is 33.6 Å². The van der Waals surface area contributed by atoms with E-state index < -0.39 is 0 Å². The van der Waals surface area contributed by atoms with Gasteiger partial charge in [-0.25, -0.2) is 4.79 Å². The van der Waals surface area contributed by atoms with Crippen LogP contribution in [0.5, 0.6) is 0 Å². The maximum atomic E-state index is 12.4. The molecule has 0 saturated carbocycles. The summed E-state index contributed by atoms with van der Waals surface area (Å²) in [6.45, 7) is 8.63. The fourth-order valence-corrected chi connectivity index (χ4v) is 2.36. The number of hydrogen-bond acceptors (Lipinski definition) is 3. The number of amides is 1. The summed E-state index contributed by atoms with van der Waals surface area (Å²) in [6.07, 6.45) is 2.05. The first-order valence-corrected chi connectivity index (χ1v) is 6.57. The third kappa shape index (κ3) is 2.41. The minimum atomic E-state index is -0.0266. The predicted octanol–water partition coefficient (Wildman–Crippen LogP) is 1.75. The molecular formula is C13H21N3O2. The number of aryl methyl sites for hydroxylation is 1. The highest BCUT2D eigenvalue weighted by molar-refractivity contribution is 5.77. The summed E-state index contributed by atoms with van der Waals surface area (Å²) in [4.78, 5) is 14.2. The van der Waals surface area contributed by atoms with Crippen LogP contribution in [0.25, 0.3) is 0 Å². The van der Waals surface area contributed by atoms with Gasteiger partial charge in [-0.15, -0.1) is 0 Å². The summed E-state index contributed by atoms with van der Waals surface area (Å²) in [5.74, 6) is 0. The standard InChI is InChI=1S/C13H21N3O2/c1-4-5-12-10(2)14-16(11(12)3)13(17)15-6-8-18-9-7-15/h4-9H2,1-3H3. The zero-order valence-electron chi connectivity index (χ0n) is 11.4. The fraction of sp³-hybridized carbons (Fsp3) is 0.692. The third-order valence-corrected chi connectivity index (χ3v) is 3.40. The van der Waals surface area contributed by atoms with Crippen LogP contribution in [-0.2, 0) is 11.2 Å². The number of rotatable bonds is 2. The molecule has 1 saturated heterocycles. The average molecular weight is 251 g/mol. The van der Waals surface area contributed by atoms with E-state index in [0.717, 1.165) is 24.2 Å². The Kier molecular flexibility index (Phi) is 4.01. The number of morpholine rings is 1. The Hall–Kier alpha value is -1.36. The molecule has 1 aromatic heterocycles. The second-order valence-corrected chi connectivity index (χ2v) is 4.69. The molecule has 0 unspecified atom stereocenters. The van der Waals surface area contributed by atoms with Gasteiger partial charge < -0.3 is 9.64 Å². The Bertz CT molecular complexity index is 434. The highest BCUT2D eigenvalue weighted by Gasteiger charge is 2.22. The van der Waals surface area contributed by atoms with Gasteiger partial charge in [0, 0.05) is 18.8 Å². The van der Waals surface area contributed by atoms with Crippen molar-refractivity contribution in [1.29, 1.82) is 0 Å². The van der Waals surface area contributed by atoms with Gasteiger partial charge in [0.25, 0.3) is 0 Å². The lowest BCUT2D eigenvalue weighted by atomic mass is 10.1. The predicted molar refractivity (Wildman–Crippen MR) is 68.9 cm³/mol. The lowest BCUT2D eigenvalue weighted by molar-refractivity contribution is 0.0527. The molecule has 1 aliphatic rings. The Balaban J connectivity index is 2.22. The Labute approximate surface area is 108 Å². The molecule has 0 aromatic carbocycles. The van der Waals surface area contributed by atoms with E-state index in [1.165, 1.54) is 5.56 Å². The van der Waals surface area contributed by atoms with Gasteiger partial charge in [0.15, 0.2) is 0 Å². The molecule has 5 nitrogen and oxygen atoms in total. The lowest BCUT2D eigenvalue weighted by Crippen LogP contribution is -2.43. The molecule has 1 aliphatic heterocycles. The number of aromatic nitrogens is 2. The molecule has 1 amide bonds. The summed E-state index contributed by atoms with van der Waals surface area (Å²) in [7, 11) is 0. The lowest BCUT2D eigenvalue weighted by Gasteiger charge is -2.26. The number of nitrogens with zero attached hydrogens (tertiary/aromatic N) is 3. The van der Waals surface area contributed by atoms with Crippen molar-refractivity contribution in [3.63, 3.8) is 0 Å². The molecule has 18 heavy (non-hydrogen) atoms. The highest BCUT2D eigenvalue weighted by Crippen LogP contribution is 2.16. The van der Waals surface area contributed by atoms with Crippen molar-refractivity contribution >= 4 is 6.03 Å². The monoisotopic (exact) mass is 251 g/mol. The molecule has 2 rings (SSSR count). The molecule has 0 radical (unpaired) electrons. The maximum absolute atomic E-state index is 12.4. The quantitative estimate of drug-likeness (QED) is 0.804. The third-order valence-electron chi connectivity index (χ3n) is 3.40. The van der Waals surface area contributed by atoms with Gasteiger partial charge in [-0.2, -0.15) is 9.78 Å². The zero-order chi connectivity index (χ0) is 13.1. The SMILES string of the molecule is CCCc1c(C)nn(C(=O)N2CCOCC2)c1C. The van der Waals surface area contributed by atoms with Crippen molar-refractivity contribution in [2.75, 3.05) is 26.3 Å². The Morgan fingerprint density at radius 1 is 1.33 bits per heavy atom. The van der Waals surface area contributed by atoms with Crippen molar-refractivity contribution in [3.8, 4) is 0 Å². The molecule has 5 heteroatoms. The minimum Gasteiger partial charge on any atom is -0.378 e. The maximum Gasteiger partial charge on any atom is 0.345 e. The molecule has 0 aliphatic carbocycles. The average Bonchev–Trinajstić information content (AvgIpc) is 2.67. The van der Waals surface area contributed by atoms with E-state index in [0.29, 0.717) is 26.3 Å². The first-order chi connectivity index (χ1) is 8.65.